The molecule has 0 nitrogen and oxygen atoms in total. The summed E-state index contributed by atoms with van der Waals surface area (Å²) in [6.07, 6.45) is -16.7. The average Bonchev–Trinajstić information content (AvgIpc) is 2.13. The lowest BCUT2D eigenvalue weighted by molar-refractivity contribution is -0.317. The number of hydrogen-bond acceptors (Lipinski definition) is 0. The lowest BCUT2D eigenvalue weighted by atomic mass is 10.0. The molecular weight excluding hydrogens is 255 g/mol. The van der Waals surface area contributed by atoms with E-state index in [0.29, 0.717) is 6.92 Å². The minimum atomic E-state index is -6.42. The van der Waals surface area contributed by atoms with E-state index in [1.165, 1.54) is 0 Å². The van der Waals surface area contributed by atoms with E-state index in [4.69, 9.17) is 0 Å². The topological polar surface area (TPSA) is 0 Å². The molecule has 0 bridgehead atoms. The van der Waals surface area contributed by atoms with Crippen molar-refractivity contribution in [2.24, 2.45) is 0 Å². The molecule has 98 valence electrons. The van der Waals surface area contributed by atoms with Crippen molar-refractivity contribution in [3.05, 3.63) is 0 Å². The SMILES string of the molecule is CCC(F)(F)C(F)[C@H](F)C(F)(F)C(F)(F)F. The average molecular weight is 262 g/mol. The summed E-state index contributed by atoms with van der Waals surface area (Å²) < 4.78 is 109. The van der Waals surface area contributed by atoms with Crippen LogP contribution in [0.3, 0.4) is 0 Å². The van der Waals surface area contributed by atoms with E-state index in [-0.39, 0.29) is 0 Å². The van der Waals surface area contributed by atoms with Crippen LogP contribution < -0.4 is 0 Å². The molecular formula is C7H7F9. The van der Waals surface area contributed by atoms with Crippen LogP contribution >= 0.6 is 0 Å². The Morgan fingerprint density at radius 2 is 1.19 bits per heavy atom. The molecule has 0 amide bonds. The molecule has 0 aromatic carbocycles. The fraction of sp³-hybridized carbons (Fsp3) is 1.00. The molecule has 0 radical (unpaired) electrons. The van der Waals surface area contributed by atoms with E-state index in [9.17, 15) is 39.5 Å². The first-order chi connectivity index (χ1) is 6.88. The second kappa shape index (κ2) is 4.33. The lowest BCUT2D eigenvalue weighted by Gasteiger charge is -2.28. The van der Waals surface area contributed by atoms with E-state index in [1.807, 2.05) is 0 Å². The molecule has 0 rings (SSSR count). The second-order valence-corrected chi connectivity index (χ2v) is 3.04. The zero-order valence-corrected chi connectivity index (χ0v) is 7.76. The minimum absolute atomic E-state index is 0.630. The third-order valence-corrected chi connectivity index (χ3v) is 1.86. The molecule has 1 unspecified atom stereocenters. The third-order valence-electron chi connectivity index (χ3n) is 1.86. The van der Waals surface area contributed by atoms with Crippen LogP contribution in [0.25, 0.3) is 0 Å². The molecule has 2 atom stereocenters. The summed E-state index contributed by atoms with van der Waals surface area (Å²) in [5.74, 6) is -10.7. The third kappa shape index (κ3) is 2.73. The minimum Gasteiger partial charge on any atom is -0.237 e. The van der Waals surface area contributed by atoms with Gasteiger partial charge in [-0.15, -0.1) is 0 Å². The molecule has 0 heterocycles. The molecule has 0 N–H and O–H groups in total. The molecule has 0 aliphatic rings. The van der Waals surface area contributed by atoms with E-state index in [0.717, 1.165) is 0 Å². The van der Waals surface area contributed by atoms with Gasteiger partial charge in [-0.2, -0.15) is 22.0 Å². The number of halogens is 9. The maximum absolute atomic E-state index is 12.5. The van der Waals surface area contributed by atoms with Crippen molar-refractivity contribution >= 4 is 0 Å². The Labute approximate surface area is 84.4 Å². The molecule has 9 heteroatoms. The smallest absolute Gasteiger partial charge is 0.237 e. The van der Waals surface area contributed by atoms with Crippen LogP contribution in [0.4, 0.5) is 39.5 Å². The summed E-state index contributed by atoms with van der Waals surface area (Å²) in [7, 11) is 0. The van der Waals surface area contributed by atoms with Gasteiger partial charge in [-0.3, -0.25) is 0 Å². The highest BCUT2D eigenvalue weighted by molar-refractivity contribution is 4.94. The fourth-order valence-electron chi connectivity index (χ4n) is 0.749. The van der Waals surface area contributed by atoms with Gasteiger partial charge in [0.1, 0.15) is 0 Å². The highest BCUT2D eigenvalue weighted by atomic mass is 19.4. The zero-order chi connectivity index (χ0) is 13.4. The Hall–Kier alpha value is -0.630. The van der Waals surface area contributed by atoms with Gasteiger partial charge in [0.05, 0.1) is 0 Å². The number of rotatable bonds is 4. The Bertz CT molecular complexity index is 231. The monoisotopic (exact) mass is 262 g/mol. The van der Waals surface area contributed by atoms with Crippen molar-refractivity contribution in [1.82, 2.24) is 0 Å². The van der Waals surface area contributed by atoms with Gasteiger partial charge in [-0.1, -0.05) is 6.92 Å². The highest BCUT2D eigenvalue weighted by Gasteiger charge is 2.68. The molecule has 0 aromatic rings. The maximum atomic E-state index is 12.5. The van der Waals surface area contributed by atoms with E-state index >= 15 is 0 Å². The fourth-order valence-corrected chi connectivity index (χ4v) is 0.749. The van der Waals surface area contributed by atoms with Crippen molar-refractivity contribution in [3.8, 4) is 0 Å². The Morgan fingerprint density at radius 3 is 1.44 bits per heavy atom. The van der Waals surface area contributed by atoms with E-state index in [2.05, 4.69) is 0 Å². The van der Waals surface area contributed by atoms with Crippen molar-refractivity contribution in [2.45, 2.75) is 43.7 Å². The summed E-state index contributed by atoms with van der Waals surface area (Å²) in [5, 5.41) is 0. The normalized spacial score (nSPS) is 18.4. The predicted octanol–water partition coefficient (Wildman–Crippen LogP) is 3.91. The van der Waals surface area contributed by atoms with Crippen LogP contribution in [0.15, 0.2) is 0 Å². The standard InChI is InChI=1S/C7H7F9/c1-2-5(10,11)3(8)4(9)6(12,13)7(14,15)16/h3-4H,2H2,1H3/t3?,4-/m0/s1. The molecule has 0 saturated heterocycles. The van der Waals surface area contributed by atoms with E-state index in [1.54, 1.807) is 0 Å². The first-order valence-electron chi connectivity index (χ1n) is 3.98. The number of alkyl halides is 9. The quantitative estimate of drug-likeness (QED) is 0.674. The van der Waals surface area contributed by atoms with Crippen molar-refractivity contribution in [3.63, 3.8) is 0 Å². The lowest BCUT2D eigenvalue weighted by Crippen LogP contribution is -2.53. The Morgan fingerprint density at radius 1 is 0.812 bits per heavy atom. The molecule has 0 aromatic heterocycles. The first-order valence-corrected chi connectivity index (χ1v) is 3.98. The summed E-state index contributed by atoms with van der Waals surface area (Å²) >= 11 is 0. The zero-order valence-electron chi connectivity index (χ0n) is 7.76. The van der Waals surface area contributed by atoms with Gasteiger partial charge in [-0.25, -0.2) is 17.6 Å². The van der Waals surface area contributed by atoms with Crippen LogP contribution in [0.2, 0.25) is 0 Å². The van der Waals surface area contributed by atoms with Crippen LogP contribution in [0, 0.1) is 0 Å². The van der Waals surface area contributed by atoms with Gasteiger partial charge in [0.25, 0.3) is 5.92 Å². The Balaban J connectivity index is 5.01. The largest absolute Gasteiger partial charge is 0.456 e. The van der Waals surface area contributed by atoms with Crippen molar-refractivity contribution in [1.29, 1.82) is 0 Å². The van der Waals surface area contributed by atoms with Gasteiger partial charge in [-0.05, 0) is 0 Å². The van der Waals surface area contributed by atoms with E-state index < -0.39 is 36.8 Å². The summed E-state index contributed by atoms with van der Waals surface area (Å²) in [5.41, 5.74) is 0. The van der Waals surface area contributed by atoms with Gasteiger partial charge in [0.15, 0.2) is 0 Å². The summed E-state index contributed by atoms with van der Waals surface area (Å²) in [6.45, 7) is 0.630. The van der Waals surface area contributed by atoms with Gasteiger partial charge < -0.3 is 0 Å². The van der Waals surface area contributed by atoms with Crippen LogP contribution in [0.5, 0.6) is 0 Å². The summed E-state index contributed by atoms with van der Waals surface area (Å²) in [4.78, 5) is 0. The van der Waals surface area contributed by atoms with Gasteiger partial charge >= 0.3 is 12.1 Å². The molecule has 0 fully saturated rings. The maximum Gasteiger partial charge on any atom is 0.456 e. The molecule has 0 aliphatic carbocycles. The summed E-state index contributed by atoms with van der Waals surface area (Å²) in [6, 6.07) is 0. The molecule has 16 heavy (non-hydrogen) atoms. The Kier molecular flexibility index (Phi) is 4.15. The van der Waals surface area contributed by atoms with Crippen LogP contribution in [-0.2, 0) is 0 Å². The van der Waals surface area contributed by atoms with Crippen LogP contribution in [-0.4, -0.2) is 30.4 Å². The molecule has 0 spiro atoms. The van der Waals surface area contributed by atoms with Gasteiger partial charge in [0, 0.05) is 6.42 Å². The second-order valence-electron chi connectivity index (χ2n) is 3.04. The first kappa shape index (κ1) is 15.4. The van der Waals surface area contributed by atoms with Crippen LogP contribution in [0.1, 0.15) is 13.3 Å². The highest BCUT2D eigenvalue weighted by Crippen LogP contribution is 2.44. The number of hydrogen-bond donors (Lipinski definition) is 0. The van der Waals surface area contributed by atoms with Crippen molar-refractivity contribution in [2.75, 3.05) is 0 Å². The van der Waals surface area contributed by atoms with Crippen molar-refractivity contribution < 1.29 is 39.5 Å². The molecule has 0 aliphatic heterocycles. The molecule has 0 saturated carbocycles. The van der Waals surface area contributed by atoms with Gasteiger partial charge in [0.2, 0.25) is 12.3 Å². The predicted molar refractivity (Wildman–Crippen MR) is 36.0 cm³/mol.